The zero-order valence-corrected chi connectivity index (χ0v) is 31.0. The van der Waals surface area contributed by atoms with Gasteiger partial charge in [-0.05, 0) is 79.7 Å². The zero-order chi connectivity index (χ0) is 37.8. The first-order chi connectivity index (χ1) is 27.7. The summed E-state index contributed by atoms with van der Waals surface area (Å²) in [5.41, 5.74) is 9.14. The van der Waals surface area contributed by atoms with Crippen molar-refractivity contribution in [3.8, 4) is 11.1 Å². The Morgan fingerprint density at radius 2 is 1.27 bits per heavy atom. The van der Waals surface area contributed by atoms with Gasteiger partial charge in [0.15, 0.2) is 0 Å². The van der Waals surface area contributed by atoms with Crippen LogP contribution >= 0.6 is 0 Å². The lowest BCUT2D eigenvalue weighted by Crippen LogP contribution is -2.23. The molecule has 0 atom stereocenters. The topological polar surface area (TPSA) is 16.4 Å². The highest BCUT2D eigenvalue weighted by molar-refractivity contribution is 6.15. The van der Waals surface area contributed by atoms with Crippen LogP contribution in [-0.4, -0.2) is 0 Å². The first kappa shape index (κ1) is 34.4. The first-order valence-corrected chi connectivity index (χ1v) is 18.9. The van der Waals surface area contributed by atoms with Gasteiger partial charge in [0.25, 0.3) is 0 Å². The van der Waals surface area contributed by atoms with Crippen molar-refractivity contribution in [1.29, 1.82) is 0 Å². The molecule has 2 nitrogen and oxygen atoms in total. The van der Waals surface area contributed by atoms with E-state index in [1.54, 1.807) is 0 Å². The average Bonchev–Trinajstić information content (AvgIpc) is 3.64. The standard InChI is InChI=1S/C54H39NO/c1-3-51(47(40-19-8-5-9-20-40)33-29-39-17-6-4-7-18-39)55(36-16-26-44-38(2)28-30-41-21-10-12-23-45(41)44)52-27-15-14-24-46(52)43-32-35-53-50(37-43)49-34-31-42-22-11-13-25-48(42)54(49)56-53/h3-37H,1-2H2/b33-29+,36-16+,44-26+,51-47-. The smallest absolute Gasteiger partial charge is 0.143 e. The summed E-state index contributed by atoms with van der Waals surface area (Å²) in [6.45, 7) is 8.82. The predicted molar refractivity (Wildman–Crippen MR) is 241 cm³/mol. The van der Waals surface area contributed by atoms with E-state index in [2.05, 4.69) is 218 Å². The second kappa shape index (κ2) is 15.1. The Morgan fingerprint density at radius 1 is 0.589 bits per heavy atom. The average molecular weight is 718 g/mol. The summed E-state index contributed by atoms with van der Waals surface area (Å²) in [7, 11) is 0. The molecule has 0 spiro atoms. The van der Waals surface area contributed by atoms with E-state index in [0.29, 0.717) is 0 Å². The molecule has 0 aliphatic heterocycles. The van der Waals surface area contributed by atoms with E-state index in [4.69, 9.17) is 4.42 Å². The monoisotopic (exact) mass is 717 g/mol. The Labute approximate surface area is 326 Å². The minimum absolute atomic E-state index is 0.868. The number of rotatable bonds is 9. The molecule has 0 fully saturated rings. The summed E-state index contributed by atoms with van der Waals surface area (Å²) in [4.78, 5) is 2.26. The lowest BCUT2D eigenvalue weighted by molar-refractivity contribution is 0.672. The summed E-state index contributed by atoms with van der Waals surface area (Å²) in [5.74, 6) is 0. The molecule has 56 heavy (non-hydrogen) atoms. The van der Waals surface area contributed by atoms with Crippen molar-refractivity contribution < 1.29 is 4.42 Å². The van der Waals surface area contributed by atoms with Crippen molar-refractivity contribution in [1.82, 2.24) is 0 Å². The van der Waals surface area contributed by atoms with E-state index in [1.165, 1.54) is 10.8 Å². The third kappa shape index (κ3) is 6.55. The van der Waals surface area contributed by atoms with Gasteiger partial charge >= 0.3 is 0 Å². The second-order valence-electron chi connectivity index (χ2n) is 13.8. The molecule has 2 heteroatoms. The van der Waals surface area contributed by atoms with Crippen LogP contribution in [0.3, 0.4) is 0 Å². The molecule has 1 heterocycles. The van der Waals surface area contributed by atoms with Crippen molar-refractivity contribution in [2.24, 2.45) is 0 Å². The van der Waals surface area contributed by atoms with Crippen molar-refractivity contribution in [2.45, 2.75) is 0 Å². The number of allylic oxidation sites excluding steroid dienone is 4. The van der Waals surface area contributed by atoms with Crippen LogP contribution in [0.2, 0.25) is 0 Å². The molecule has 0 aliphatic carbocycles. The molecule has 0 N–H and O–H groups in total. The maximum atomic E-state index is 6.51. The largest absolute Gasteiger partial charge is 0.455 e. The second-order valence-corrected chi connectivity index (χ2v) is 13.8. The van der Waals surface area contributed by atoms with Crippen LogP contribution in [0.15, 0.2) is 217 Å². The van der Waals surface area contributed by atoms with Gasteiger partial charge in [0.2, 0.25) is 0 Å². The Kier molecular flexibility index (Phi) is 9.29. The fourth-order valence-corrected chi connectivity index (χ4v) is 7.68. The van der Waals surface area contributed by atoms with Gasteiger partial charge in [-0.3, -0.25) is 0 Å². The molecule has 1 aromatic heterocycles. The normalized spacial score (nSPS) is 12.7. The van der Waals surface area contributed by atoms with E-state index in [1.807, 2.05) is 12.1 Å². The summed E-state index contributed by atoms with van der Waals surface area (Å²) in [6.07, 6.45) is 12.8. The maximum absolute atomic E-state index is 6.51. The number of benzene rings is 8. The molecular weight excluding hydrogens is 679 g/mol. The third-order valence-electron chi connectivity index (χ3n) is 10.5. The molecule has 0 saturated heterocycles. The van der Waals surface area contributed by atoms with Gasteiger partial charge in [-0.15, -0.1) is 0 Å². The number of hydrogen-bond donors (Lipinski definition) is 0. The number of furan rings is 1. The molecule has 0 unspecified atom stereocenters. The van der Waals surface area contributed by atoms with Gasteiger partial charge in [-0.2, -0.15) is 0 Å². The van der Waals surface area contributed by atoms with Crippen molar-refractivity contribution in [2.75, 3.05) is 4.90 Å². The molecule has 266 valence electrons. The molecule has 9 rings (SSSR count). The van der Waals surface area contributed by atoms with Crippen LogP contribution in [0.5, 0.6) is 0 Å². The highest BCUT2D eigenvalue weighted by Crippen LogP contribution is 2.40. The number of fused-ring (bicyclic) bond motifs is 6. The molecular formula is C54H39NO. The number of para-hydroxylation sites is 1. The van der Waals surface area contributed by atoms with Gasteiger partial charge in [0.1, 0.15) is 11.2 Å². The molecule has 8 aromatic carbocycles. The van der Waals surface area contributed by atoms with Crippen LogP contribution in [0.1, 0.15) is 11.1 Å². The Balaban J connectivity index is 1.27. The SMILES string of the molecule is C=C/C(=C(\C=C\c1ccccc1)c1ccccc1)N(/C=C/C=c1\c(=C)ccc2ccccc12)c1ccccc1-c1ccc2oc3c4ccccc4ccc3c2c1. The van der Waals surface area contributed by atoms with Crippen LogP contribution in [-0.2, 0) is 0 Å². The fourth-order valence-electron chi connectivity index (χ4n) is 7.68. The molecule has 0 radical (unpaired) electrons. The summed E-state index contributed by atoms with van der Waals surface area (Å²) in [6, 6.07) is 61.5. The van der Waals surface area contributed by atoms with E-state index in [9.17, 15) is 0 Å². The third-order valence-corrected chi connectivity index (χ3v) is 10.5. The first-order valence-electron chi connectivity index (χ1n) is 18.9. The van der Waals surface area contributed by atoms with Crippen molar-refractivity contribution >= 4 is 73.5 Å². The van der Waals surface area contributed by atoms with E-state index < -0.39 is 0 Å². The molecule has 0 saturated carbocycles. The predicted octanol–water partition coefficient (Wildman–Crippen LogP) is 13.1. The van der Waals surface area contributed by atoms with E-state index in [-0.39, 0.29) is 0 Å². The van der Waals surface area contributed by atoms with Gasteiger partial charge in [-0.1, -0.05) is 183 Å². The highest BCUT2D eigenvalue weighted by atomic mass is 16.3. The molecule has 0 aliphatic rings. The van der Waals surface area contributed by atoms with E-state index in [0.717, 1.165) is 82.4 Å². The van der Waals surface area contributed by atoms with Crippen LogP contribution in [0, 0.1) is 0 Å². The van der Waals surface area contributed by atoms with E-state index >= 15 is 0 Å². The maximum Gasteiger partial charge on any atom is 0.143 e. The van der Waals surface area contributed by atoms with Crippen molar-refractivity contribution in [3.05, 3.63) is 234 Å². The van der Waals surface area contributed by atoms with Crippen LogP contribution < -0.4 is 15.3 Å². The fraction of sp³-hybridized carbons (Fsp3) is 0. The van der Waals surface area contributed by atoms with Crippen LogP contribution in [0.4, 0.5) is 5.69 Å². The summed E-state index contributed by atoms with van der Waals surface area (Å²) >= 11 is 0. The number of nitrogens with zero attached hydrogens (tertiary/aromatic N) is 1. The minimum atomic E-state index is 0.868. The van der Waals surface area contributed by atoms with Gasteiger partial charge in [0.05, 0.1) is 11.4 Å². The number of anilines is 1. The lowest BCUT2D eigenvalue weighted by Gasteiger charge is -2.27. The Bertz CT molecular complexity index is 3110. The highest BCUT2D eigenvalue weighted by Gasteiger charge is 2.18. The number of hydrogen-bond acceptors (Lipinski definition) is 2. The zero-order valence-electron chi connectivity index (χ0n) is 31.0. The van der Waals surface area contributed by atoms with Crippen molar-refractivity contribution in [3.63, 3.8) is 0 Å². The minimum Gasteiger partial charge on any atom is -0.455 e. The molecule has 9 aromatic rings. The molecule has 0 bridgehead atoms. The van der Waals surface area contributed by atoms with Crippen LogP contribution in [0.25, 0.3) is 78.9 Å². The van der Waals surface area contributed by atoms with Gasteiger partial charge in [-0.25, -0.2) is 0 Å². The van der Waals surface area contributed by atoms with Gasteiger partial charge in [0, 0.05) is 33.5 Å². The summed E-state index contributed by atoms with van der Waals surface area (Å²) < 4.78 is 6.51. The quantitative estimate of drug-likeness (QED) is 0.138. The molecule has 0 amide bonds. The Morgan fingerprint density at radius 3 is 2.07 bits per heavy atom. The summed E-state index contributed by atoms with van der Waals surface area (Å²) in [5, 5.41) is 8.89. The Hall–Kier alpha value is -7.42. The lowest BCUT2D eigenvalue weighted by atomic mass is 9.97. The van der Waals surface area contributed by atoms with Gasteiger partial charge < -0.3 is 9.32 Å².